The number of amides is 3. The lowest BCUT2D eigenvalue weighted by molar-refractivity contribution is -0.128. The monoisotopic (exact) mass is 646 g/mol. The summed E-state index contributed by atoms with van der Waals surface area (Å²) in [6.45, 7) is 4.25. The number of piperidine rings is 1. The van der Waals surface area contributed by atoms with Crippen LogP contribution in [0.3, 0.4) is 0 Å². The van der Waals surface area contributed by atoms with E-state index in [2.05, 4.69) is 21.3 Å². The van der Waals surface area contributed by atoms with Gasteiger partial charge in [0, 0.05) is 30.7 Å². The van der Waals surface area contributed by atoms with E-state index in [9.17, 15) is 14.4 Å². The SMILES string of the molecule is CCNC(=O)CCCCOc1cc(OC)c(CNC(=O)C2(NC(=O)c3ccc(-c4ccc(OC)cc4)cc3)CCNCC2)c(OC)c1. The van der Waals surface area contributed by atoms with Crippen molar-refractivity contribution in [3.8, 4) is 34.1 Å². The Balaban J connectivity index is 1.40. The third-order valence-electron chi connectivity index (χ3n) is 8.26. The number of hydrogen-bond donors (Lipinski definition) is 4. The third kappa shape index (κ3) is 9.38. The Labute approximate surface area is 276 Å². The second-order valence-corrected chi connectivity index (χ2v) is 11.3. The van der Waals surface area contributed by atoms with Gasteiger partial charge in [0.05, 0.1) is 40.0 Å². The molecule has 4 rings (SSSR count). The van der Waals surface area contributed by atoms with Gasteiger partial charge >= 0.3 is 0 Å². The van der Waals surface area contributed by atoms with Crippen molar-refractivity contribution in [2.75, 3.05) is 47.6 Å². The molecule has 0 bridgehead atoms. The topological polar surface area (TPSA) is 136 Å². The summed E-state index contributed by atoms with van der Waals surface area (Å²) in [5, 5.41) is 12.2. The molecule has 0 atom stereocenters. The molecule has 4 N–H and O–H groups in total. The minimum Gasteiger partial charge on any atom is -0.497 e. The molecule has 252 valence electrons. The highest BCUT2D eigenvalue weighted by molar-refractivity contribution is 5.99. The fraction of sp³-hybridized carbons (Fsp3) is 0.417. The average molecular weight is 647 g/mol. The predicted molar refractivity (Wildman–Crippen MR) is 180 cm³/mol. The average Bonchev–Trinajstić information content (AvgIpc) is 3.10. The first-order chi connectivity index (χ1) is 22.8. The second-order valence-electron chi connectivity index (χ2n) is 11.3. The zero-order chi connectivity index (χ0) is 33.6. The van der Waals surface area contributed by atoms with Crippen LogP contribution in [0, 0.1) is 0 Å². The number of carbonyl (C=O) groups is 3. The summed E-state index contributed by atoms with van der Waals surface area (Å²) >= 11 is 0. The molecule has 0 spiro atoms. The fourth-order valence-electron chi connectivity index (χ4n) is 5.57. The normalized spacial score (nSPS) is 13.6. The van der Waals surface area contributed by atoms with Crippen LogP contribution in [0.1, 0.15) is 54.9 Å². The van der Waals surface area contributed by atoms with Crippen LogP contribution in [0.4, 0.5) is 0 Å². The van der Waals surface area contributed by atoms with Gasteiger partial charge in [-0.25, -0.2) is 0 Å². The van der Waals surface area contributed by atoms with Gasteiger partial charge in [0.2, 0.25) is 11.8 Å². The zero-order valence-electron chi connectivity index (χ0n) is 27.7. The minimum atomic E-state index is -1.09. The lowest BCUT2D eigenvalue weighted by Crippen LogP contribution is -2.62. The molecule has 3 amide bonds. The molecule has 1 heterocycles. The molecular weight excluding hydrogens is 600 g/mol. The Morgan fingerprint density at radius 3 is 1.98 bits per heavy atom. The van der Waals surface area contributed by atoms with E-state index in [1.54, 1.807) is 45.6 Å². The summed E-state index contributed by atoms with van der Waals surface area (Å²) in [6, 6.07) is 18.5. The highest BCUT2D eigenvalue weighted by Crippen LogP contribution is 2.34. The first-order valence-corrected chi connectivity index (χ1v) is 16.0. The van der Waals surface area contributed by atoms with E-state index in [4.69, 9.17) is 18.9 Å². The van der Waals surface area contributed by atoms with Gasteiger partial charge in [-0.2, -0.15) is 0 Å². The molecule has 47 heavy (non-hydrogen) atoms. The molecule has 1 saturated heterocycles. The predicted octanol–water partition coefficient (Wildman–Crippen LogP) is 4.23. The van der Waals surface area contributed by atoms with Gasteiger partial charge in [0.15, 0.2) is 0 Å². The number of hydrogen-bond acceptors (Lipinski definition) is 8. The molecule has 11 nitrogen and oxygen atoms in total. The van der Waals surface area contributed by atoms with Crippen LogP contribution in [-0.4, -0.2) is 70.8 Å². The number of methoxy groups -OCH3 is 3. The van der Waals surface area contributed by atoms with Crippen LogP contribution in [0.15, 0.2) is 60.7 Å². The molecule has 3 aromatic rings. The number of carbonyl (C=O) groups excluding carboxylic acids is 3. The van der Waals surface area contributed by atoms with Crippen molar-refractivity contribution in [3.05, 3.63) is 71.8 Å². The first kappa shape index (κ1) is 35.1. The summed E-state index contributed by atoms with van der Waals surface area (Å²) in [7, 11) is 4.72. The lowest BCUT2D eigenvalue weighted by Gasteiger charge is -2.37. The van der Waals surface area contributed by atoms with Crippen LogP contribution in [0.5, 0.6) is 23.0 Å². The molecule has 0 saturated carbocycles. The quantitative estimate of drug-likeness (QED) is 0.170. The van der Waals surface area contributed by atoms with Crippen molar-refractivity contribution in [2.45, 2.75) is 51.1 Å². The van der Waals surface area contributed by atoms with Crippen LogP contribution in [-0.2, 0) is 16.1 Å². The van der Waals surface area contributed by atoms with Crippen LogP contribution < -0.4 is 40.2 Å². The molecule has 11 heteroatoms. The number of unbranched alkanes of at least 4 members (excludes halogenated alkanes) is 1. The van der Waals surface area contributed by atoms with E-state index < -0.39 is 5.54 Å². The van der Waals surface area contributed by atoms with Crippen LogP contribution in [0.25, 0.3) is 11.1 Å². The Morgan fingerprint density at radius 2 is 1.40 bits per heavy atom. The van der Waals surface area contributed by atoms with Gasteiger partial charge in [0.1, 0.15) is 28.5 Å². The molecule has 3 aromatic carbocycles. The zero-order valence-corrected chi connectivity index (χ0v) is 27.7. The van der Waals surface area contributed by atoms with Crippen LogP contribution in [0.2, 0.25) is 0 Å². The van der Waals surface area contributed by atoms with Gasteiger partial charge in [-0.05, 0) is 81.1 Å². The number of ether oxygens (including phenoxy) is 4. The molecular formula is C36H46N4O7. The number of benzene rings is 3. The summed E-state index contributed by atoms with van der Waals surface area (Å²) < 4.78 is 22.4. The van der Waals surface area contributed by atoms with E-state index in [1.165, 1.54) is 0 Å². The van der Waals surface area contributed by atoms with Gasteiger partial charge < -0.3 is 40.2 Å². The largest absolute Gasteiger partial charge is 0.497 e. The smallest absolute Gasteiger partial charge is 0.252 e. The maximum atomic E-state index is 13.8. The third-order valence-corrected chi connectivity index (χ3v) is 8.26. The van der Waals surface area contributed by atoms with Crippen molar-refractivity contribution in [2.24, 2.45) is 0 Å². The summed E-state index contributed by atoms with van der Waals surface area (Å²) in [5.41, 5.74) is 2.00. The van der Waals surface area contributed by atoms with Gasteiger partial charge in [-0.3, -0.25) is 14.4 Å². The lowest BCUT2D eigenvalue weighted by atomic mass is 9.86. The van der Waals surface area contributed by atoms with Crippen LogP contribution >= 0.6 is 0 Å². The van der Waals surface area contributed by atoms with Crippen molar-refractivity contribution >= 4 is 17.7 Å². The Kier molecular flexibility index (Phi) is 12.9. The minimum absolute atomic E-state index is 0.0347. The summed E-state index contributed by atoms with van der Waals surface area (Å²) in [5.74, 6) is 1.78. The maximum absolute atomic E-state index is 13.8. The number of rotatable bonds is 16. The van der Waals surface area contributed by atoms with Crippen molar-refractivity contribution in [3.63, 3.8) is 0 Å². The van der Waals surface area contributed by atoms with E-state index in [-0.39, 0.29) is 24.3 Å². The Bertz CT molecular complexity index is 1460. The Hall–Kier alpha value is -4.77. The highest BCUT2D eigenvalue weighted by Gasteiger charge is 2.41. The standard InChI is InChI=1S/C36H46N4O7/c1-5-38-33(41)8-6-7-21-47-29-22-31(45-3)30(32(23-29)46-4)24-39-35(43)36(17-19-37-20-18-36)40-34(42)27-11-9-25(10-12-27)26-13-15-28(44-2)16-14-26/h9-16,22-23,37H,5-8,17-21,24H2,1-4H3,(H,38,41)(H,39,43)(H,40,42). The van der Waals surface area contributed by atoms with Crippen molar-refractivity contribution < 1.29 is 33.3 Å². The van der Waals surface area contributed by atoms with Gasteiger partial charge in [0.25, 0.3) is 5.91 Å². The summed E-state index contributed by atoms with van der Waals surface area (Å²) in [6.07, 6.45) is 2.77. The highest BCUT2D eigenvalue weighted by atomic mass is 16.5. The van der Waals surface area contributed by atoms with E-state index in [0.717, 1.165) is 23.3 Å². The first-order valence-electron chi connectivity index (χ1n) is 16.0. The molecule has 0 aromatic heterocycles. The maximum Gasteiger partial charge on any atom is 0.252 e. The second kappa shape index (κ2) is 17.2. The molecule has 1 fully saturated rings. The summed E-state index contributed by atoms with van der Waals surface area (Å²) in [4.78, 5) is 38.9. The molecule has 1 aliphatic heterocycles. The van der Waals surface area contributed by atoms with Gasteiger partial charge in [-0.15, -0.1) is 0 Å². The van der Waals surface area contributed by atoms with E-state index >= 15 is 0 Å². The molecule has 0 radical (unpaired) electrons. The van der Waals surface area contributed by atoms with Crippen molar-refractivity contribution in [1.82, 2.24) is 21.3 Å². The van der Waals surface area contributed by atoms with E-state index in [0.29, 0.717) is 80.3 Å². The molecule has 1 aliphatic rings. The Morgan fingerprint density at radius 1 is 0.787 bits per heavy atom. The fourth-order valence-corrected chi connectivity index (χ4v) is 5.57. The number of nitrogens with one attached hydrogen (secondary N) is 4. The van der Waals surface area contributed by atoms with Crippen molar-refractivity contribution in [1.29, 1.82) is 0 Å². The van der Waals surface area contributed by atoms with Gasteiger partial charge in [-0.1, -0.05) is 24.3 Å². The molecule has 0 unspecified atom stereocenters. The molecule has 0 aliphatic carbocycles. The van der Waals surface area contributed by atoms with E-state index in [1.807, 2.05) is 43.3 Å².